The van der Waals surface area contributed by atoms with Crippen molar-refractivity contribution in [2.45, 2.75) is 46.1 Å². The van der Waals surface area contributed by atoms with Gasteiger partial charge in [0, 0.05) is 5.02 Å². The fourth-order valence-electron chi connectivity index (χ4n) is 1.91. The van der Waals surface area contributed by atoms with Crippen LogP contribution in [0.5, 0.6) is 0 Å². The number of nitrogens with one attached hydrogen (secondary N) is 1. The summed E-state index contributed by atoms with van der Waals surface area (Å²) in [6.07, 6.45) is 1.71. The number of hydrogen-bond acceptors (Lipinski definition) is 2. The first-order valence-electron chi connectivity index (χ1n) is 7.39. The summed E-state index contributed by atoms with van der Waals surface area (Å²) in [6.45, 7) is 9.01. The highest BCUT2D eigenvalue weighted by molar-refractivity contribution is 6.30. The molecule has 0 fully saturated rings. The van der Waals surface area contributed by atoms with Gasteiger partial charge in [0.15, 0.2) is 0 Å². The molecule has 0 saturated carbocycles. The van der Waals surface area contributed by atoms with E-state index in [4.69, 9.17) is 16.4 Å². The summed E-state index contributed by atoms with van der Waals surface area (Å²) in [7, 11) is 0. The van der Waals surface area contributed by atoms with Crippen LogP contribution in [0.1, 0.15) is 46.1 Å². The molecule has 0 radical (unpaired) electrons. The Hall–Kier alpha value is -1.26. The predicted octanol–water partition coefficient (Wildman–Crippen LogP) is 4.34. The zero-order chi connectivity index (χ0) is 15.9. The maximum Gasteiger partial charge on any atom is 0.342 e. The van der Waals surface area contributed by atoms with Crippen LogP contribution in [-0.4, -0.2) is 24.2 Å². The SMILES string of the molecule is CCCON(CCC)C(=O)NC(C)(C)c1cccc(Cl)c1. The summed E-state index contributed by atoms with van der Waals surface area (Å²) in [4.78, 5) is 17.9. The number of carbonyl (C=O) groups is 1. The molecule has 21 heavy (non-hydrogen) atoms. The summed E-state index contributed by atoms with van der Waals surface area (Å²) in [5, 5.41) is 5.05. The van der Waals surface area contributed by atoms with Crippen molar-refractivity contribution in [2.24, 2.45) is 0 Å². The first-order valence-corrected chi connectivity index (χ1v) is 7.77. The van der Waals surface area contributed by atoms with Crippen molar-refractivity contribution in [2.75, 3.05) is 13.2 Å². The lowest BCUT2D eigenvalue weighted by atomic mass is 9.94. The van der Waals surface area contributed by atoms with E-state index in [9.17, 15) is 4.79 Å². The highest BCUT2D eigenvalue weighted by atomic mass is 35.5. The van der Waals surface area contributed by atoms with Gasteiger partial charge in [-0.15, -0.1) is 0 Å². The number of halogens is 1. The molecule has 2 amide bonds. The van der Waals surface area contributed by atoms with Crippen LogP contribution in [0.2, 0.25) is 5.02 Å². The van der Waals surface area contributed by atoms with Crippen LogP contribution < -0.4 is 5.32 Å². The van der Waals surface area contributed by atoms with E-state index < -0.39 is 5.54 Å². The first-order chi connectivity index (χ1) is 9.90. The predicted molar refractivity (Wildman–Crippen MR) is 86.2 cm³/mol. The average Bonchev–Trinajstić information content (AvgIpc) is 2.43. The van der Waals surface area contributed by atoms with Crippen molar-refractivity contribution >= 4 is 17.6 Å². The zero-order valence-corrected chi connectivity index (χ0v) is 14.0. The maximum absolute atomic E-state index is 12.4. The lowest BCUT2D eigenvalue weighted by Crippen LogP contribution is -2.48. The normalized spacial score (nSPS) is 11.3. The molecule has 0 aliphatic rings. The van der Waals surface area contributed by atoms with Gasteiger partial charge in [0.05, 0.1) is 18.7 Å². The van der Waals surface area contributed by atoms with E-state index in [1.54, 1.807) is 0 Å². The molecule has 0 heterocycles. The molecule has 0 unspecified atom stereocenters. The van der Waals surface area contributed by atoms with Gasteiger partial charge >= 0.3 is 6.03 Å². The number of benzene rings is 1. The third-order valence-corrected chi connectivity index (χ3v) is 3.31. The van der Waals surface area contributed by atoms with Crippen molar-refractivity contribution in [3.8, 4) is 0 Å². The third-order valence-electron chi connectivity index (χ3n) is 3.07. The second-order valence-electron chi connectivity index (χ2n) is 5.50. The highest BCUT2D eigenvalue weighted by Gasteiger charge is 2.26. The lowest BCUT2D eigenvalue weighted by Gasteiger charge is -2.31. The van der Waals surface area contributed by atoms with Crippen LogP contribution in [0, 0.1) is 0 Å². The van der Waals surface area contributed by atoms with Gasteiger partial charge in [-0.1, -0.05) is 37.6 Å². The largest absolute Gasteiger partial charge is 0.342 e. The standard InChI is InChI=1S/C16H25ClN2O2/c1-5-10-19(21-11-6-2)15(20)18-16(3,4)13-8-7-9-14(17)12-13/h7-9,12H,5-6,10-11H2,1-4H3,(H,18,20). The number of hydrogen-bond donors (Lipinski definition) is 1. The van der Waals surface area contributed by atoms with Crippen molar-refractivity contribution < 1.29 is 9.63 Å². The summed E-state index contributed by atoms with van der Waals surface area (Å²) < 4.78 is 0. The molecule has 1 aromatic carbocycles. The maximum atomic E-state index is 12.4. The van der Waals surface area contributed by atoms with E-state index in [-0.39, 0.29) is 6.03 Å². The van der Waals surface area contributed by atoms with Gasteiger partial charge in [0.25, 0.3) is 0 Å². The van der Waals surface area contributed by atoms with E-state index in [0.29, 0.717) is 18.2 Å². The van der Waals surface area contributed by atoms with Crippen molar-refractivity contribution in [3.63, 3.8) is 0 Å². The van der Waals surface area contributed by atoms with Crippen LogP contribution in [0.3, 0.4) is 0 Å². The minimum Gasteiger partial charge on any atom is -0.327 e. The molecule has 0 saturated heterocycles. The quantitative estimate of drug-likeness (QED) is 0.761. The van der Waals surface area contributed by atoms with Gasteiger partial charge in [-0.2, -0.15) is 0 Å². The highest BCUT2D eigenvalue weighted by Crippen LogP contribution is 2.23. The van der Waals surface area contributed by atoms with Gasteiger partial charge in [-0.25, -0.2) is 9.86 Å². The third kappa shape index (κ3) is 5.56. The Labute approximate surface area is 132 Å². The molecular weight excluding hydrogens is 288 g/mol. The Kier molecular flexibility index (Phi) is 6.99. The first kappa shape index (κ1) is 17.8. The van der Waals surface area contributed by atoms with Gasteiger partial charge < -0.3 is 5.32 Å². The van der Waals surface area contributed by atoms with Crippen molar-refractivity contribution in [1.82, 2.24) is 10.4 Å². The lowest BCUT2D eigenvalue weighted by molar-refractivity contribution is -0.118. The van der Waals surface area contributed by atoms with Gasteiger partial charge in [0.1, 0.15) is 0 Å². The van der Waals surface area contributed by atoms with E-state index in [0.717, 1.165) is 18.4 Å². The van der Waals surface area contributed by atoms with Crippen LogP contribution in [0.4, 0.5) is 4.79 Å². The van der Waals surface area contributed by atoms with Crippen LogP contribution in [0.25, 0.3) is 0 Å². The number of urea groups is 1. The average molecular weight is 313 g/mol. The molecule has 0 aliphatic heterocycles. The Morgan fingerprint density at radius 1 is 1.33 bits per heavy atom. The molecule has 0 aromatic heterocycles. The van der Waals surface area contributed by atoms with Crippen LogP contribution in [-0.2, 0) is 10.4 Å². The summed E-state index contributed by atoms with van der Waals surface area (Å²) in [6, 6.07) is 7.28. The minimum absolute atomic E-state index is 0.227. The van der Waals surface area contributed by atoms with Gasteiger partial charge in [0.2, 0.25) is 0 Å². The second-order valence-corrected chi connectivity index (χ2v) is 5.94. The molecule has 1 rings (SSSR count). The van der Waals surface area contributed by atoms with Crippen molar-refractivity contribution in [3.05, 3.63) is 34.9 Å². The minimum atomic E-state index is -0.524. The smallest absolute Gasteiger partial charge is 0.327 e. The molecule has 0 aliphatic carbocycles. The Morgan fingerprint density at radius 2 is 2.05 bits per heavy atom. The zero-order valence-electron chi connectivity index (χ0n) is 13.3. The topological polar surface area (TPSA) is 41.6 Å². The Morgan fingerprint density at radius 3 is 2.62 bits per heavy atom. The summed E-state index contributed by atoms with van der Waals surface area (Å²) in [5.74, 6) is 0. The van der Waals surface area contributed by atoms with Crippen LogP contribution in [0.15, 0.2) is 24.3 Å². The van der Waals surface area contributed by atoms with E-state index in [2.05, 4.69) is 5.32 Å². The summed E-state index contributed by atoms with van der Waals surface area (Å²) in [5.41, 5.74) is 0.430. The van der Waals surface area contributed by atoms with E-state index in [1.807, 2.05) is 52.0 Å². The molecule has 1 aromatic rings. The number of nitrogens with zero attached hydrogens (tertiary/aromatic N) is 1. The van der Waals surface area contributed by atoms with Crippen molar-refractivity contribution in [1.29, 1.82) is 0 Å². The van der Waals surface area contributed by atoms with Gasteiger partial charge in [-0.05, 0) is 44.4 Å². The van der Waals surface area contributed by atoms with Gasteiger partial charge in [-0.3, -0.25) is 4.84 Å². The number of rotatable bonds is 7. The monoisotopic (exact) mass is 312 g/mol. The number of carbonyl (C=O) groups excluding carboxylic acids is 1. The fraction of sp³-hybridized carbons (Fsp3) is 0.562. The Balaban J connectivity index is 2.78. The molecule has 1 N–H and O–H groups in total. The molecule has 0 spiro atoms. The Bertz CT molecular complexity index is 463. The number of hydroxylamine groups is 2. The van der Waals surface area contributed by atoms with E-state index in [1.165, 1.54) is 5.06 Å². The van der Waals surface area contributed by atoms with E-state index >= 15 is 0 Å². The molecule has 0 bridgehead atoms. The summed E-state index contributed by atoms with van der Waals surface area (Å²) >= 11 is 6.02. The number of amides is 2. The molecule has 5 heteroatoms. The molecule has 118 valence electrons. The molecule has 4 nitrogen and oxygen atoms in total. The van der Waals surface area contributed by atoms with Crippen LogP contribution >= 0.6 is 11.6 Å². The molecule has 0 atom stereocenters. The second kappa shape index (κ2) is 8.25. The fourth-order valence-corrected chi connectivity index (χ4v) is 2.10. The molecular formula is C16H25ClN2O2.